The zero-order valence-electron chi connectivity index (χ0n) is 10.6. The highest BCUT2D eigenvalue weighted by atomic mass is 35.5. The second-order valence-corrected chi connectivity index (χ2v) is 6.32. The van der Waals surface area contributed by atoms with Crippen LogP contribution < -0.4 is 10.5 Å². The summed E-state index contributed by atoms with van der Waals surface area (Å²) < 4.78 is 26.9. The van der Waals surface area contributed by atoms with E-state index in [2.05, 4.69) is 4.72 Å². The number of halogens is 1. The number of nitrogen functional groups attached to an aromatic ring is 1. The summed E-state index contributed by atoms with van der Waals surface area (Å²) in [5.74, 6) is 0. The Morgan fingerprint density at radius 3 is 2.56 bits per heavy atom. The highest BCUT2D eigenvalue weighted by Gasteiger charge is 2.19. The number of rotatable bonds is 6. The summed E-state index contributed by atoms with van der Waals surface area (Å²) in [6.07, 6.45) is 2.51. The van der Waals surface area contributed by atoms with E-state index in [4.69, 9.17) is 17.3 Å². The van der Waals surface area contributed by atoms with E-state index in [1.54, 1.807) is 0 Å². The van der Waals surface area contributed by atoms with Gasteiger partial charge in [0.1, 0.15) is 0 Å². The second kappa shape index (κ2) is 6.41. The van der Waals surface area contributed by atoms with Crippen LogP contribution in [0.2, 0.25) is 5.02 Å². The van der Waals surface area contributed by atoms with E-state index in [0.717, 1.165) is 19.3 Å². The molecular formula is C12H19ClN2O2S. The first kappa shape index (κ1) is 15.3. The fraction of sp³-hybridized carbons (Fsp3) is 0.500. The van der Waals surface area contributed by atoms with Gasteiger partial charge in [0.2, 0.25) is 10.0 Å². The third-order valence-corrected chi connectivity index (χ3v) is 4.58. The van der Waals surface area contributed by atoms with Gasteiger partial charge in [0.15, 0.2) is 0 Å². The topological polar surface area (TPSA) is 72.2 Å². The molecule has 1 aromatic rings. The lowest BCUT2D eigenvalue weighted by Gasteiger charge is -2.16. The molecule has 1 atom stereocenters. The lowest BCUT2D eigenvalue weighted by atomic mass is 10.1. The highest BCUT2D eigenvalue weighted by molar-refractivity contribution is 7.89. The van der Waals surface area contributed by atoms with Crippen molar-refractivity contribution in [2.24, 2.45) is 0 Å². The van der Waals surface area contributed by atoms with Gasteiger partial charge >= 0.3 is 0 Å². The Labute approximate surface area is 114 Å². The summed E-state index contributed by atoms with van der Waals surface area (Å²) in [4.78, 5) is 0.149. The number of hydrogen-bond acceptors (Lipinski definition) is 3. The molecule has 0 fully saturated rings. The largest absolute Gasteiger partial charge is 0.398 e. The van der Waals surface area contributed by atoms with Crippen LogP contribution in [0.3, 0.4) is 0 Å². The Kier molecular flexibility index (Phi) is 5.44. The minimum absolute atomic E-state index is 0.0451. The molecule has 0 spiro atoms. The third-order valence-electron chi connectivity index (χ3n) is 2.73. The van der Waals surface area contributed by atoms with Gasteiger partial charge in [-0.15, -0.1) is 0 Å². The van der Waals surface area contributed by atoms with Crippen LogP contribution in [-0.4, -0.2) is 14.5 Å². The van der Waals surface area contributed by atoms with E-state index >= 15 is 0 Å². The molecule has 3 N–H and O–H groups in total. The molecule has 0 aliphatic rings. The SMILES string of the molecule is CCCC(CC)NS(=O)(=O)c1ccc(N)c(Cl)c1. The van der Waals surface area contributed by atoms with Gasteiger partial charge in [-0.25, -0.2) is 13.1 Å². The zero-order chi connectivity index (χ0) is 13.8. The van der Waals surface area contributed by atoms with Gasteiger partial charge in [-0.2, -0.15) is 0 Å². The number of anilines is 1. The predicted molar refractivity (Wildman–Crippen MR) is 75.2 cm³/mol. The van der Waals surface area contributed by atoms with Gasteiger partial charge in [0, 0.05) is 6.04 Å². The minimum atomic E-state index is -3.52. The van der Waals surface area contributed by atoms with E-state index in [1.807, 2.05) is 13.8 Å². The van der Waals surface area contributed by atoms with Crippen LogP contribution in [0.15, 0.2) is 23.1 Å². The van der Waals surface area contributed by atoms with Crippen molar-refractivity contribution < 1.29 is 8.42 Å². The quantitative estimate of drug-likeness (QED) is 0.791. The van der Waals surface area contributed by atoms with Gasteiger partial charge in [-0.3, -0.25) is 0 Å². The number of benzene rings is 1. The van der Waals surface area contributed by atoms with Gasteiger partial charge < -0.3 is 5.73 Å². The molecule has 1 aromatic carbocycles. The van der Waals surface area contributed by atoms with Crippen LogP contribution in [-0.2, 0) is 10.0 Å². The van der Waals surface area contributed by atoms with E-state index in [0.29, 0.717) is 5.69 Å². The maximum atomic E-state index is 12.1. The molecule has 18 heavy (non-hydrogen) atoms. The van der Waals surface area contributed by atoms with Crippen LogP contribution in [0.5, 0.6) is 0 Å². The molecule has 0 aliphatic heterocycles. The number of nitrogens with two attached hydrogens (primary N) is 1. The smallest absolute Gasteiger partial charge is 0.240 e. The standard InChI is InChI=1S/C12H19ClN2O2S/c1-3-5-9(4-2)15-18(16,17)10-6-7-12(14)11(13)8-10/h6-9,15H,3-5,14H2,1-2H3. The number of nitrogens with one attached hydrogen (secondary N) is 1. The fourth-order valence-corrected chi connectivity index (χ4v) is 3.28. The van der Waals surface area contributed by atoms with E-state index in [-0.39, 0.29) is 16.0 Å². The average Bonchev–Trinajstić information content (AvgIpc) is 2.31. The maximum Gasteiger partial charge on any atom is 0.240 e. The Morgan fingerprint density at radius 1 is 1.39 bits per heavy atom. The second-order valence-electron chi connectivity index (χ2n) is 4.20. The molecule has 0 amide bonds. The zero-order valence-corrected chi connectivity index (χ0v) is 12.2. The molecule has 0 aliphatic carbocycles. The van der Waals surface area contributed by atoms with Crippen LogP contribution in [0.1, 0.15) is 33.1 Å². The molecule has 0 saturated carbocycles. The van der Waals surface area contributed by atoms with Crippen molar-refractivity contribution in [1.82, 2.24) is 4.72 Å². The Morgan fingerprint density at radius 2 is 2.06 bits per heavy atom. The molecule has 0 aromatic heterocycles. The molecule has 6 heteroatoms. The Bertz CT molecular complexity index is 503. The molecule has 1 unspecified atom stereocenters. The van der Waals surface area contributed by atoms with Crippen molar-refractivity contribution in [2.75, 3.05) is 5.73 Å². The minimum Gasteiger partial charge on any atom is -0.398 e. The third kappa shape index (κ3) is 3.86. The van der Waals surface area contributed by atoms with Crippen LogP contribution in [0.25, 0.3) is 0 Å². The molecule has 0 heterocycles. The molecule has 4 nitrogen and oxygen atoms in total. The molecule has 0 saturated heterocycles. The van der Waals surface area contributed by atoms with Crippen LogP contribution >= 0.6 is 11.6 Å². The van der Waals surface area contributed by atoms with Gasteiger partial charge in [0.05, 0.1) is 15.6 Å². The maximum absolute atomic E-state index is 12.1. The lowest BCUT2D eigenvalue weighted by Crippen LogP contribution is -2.34. The molecular weight excluding hydrogens is 272 g/mol. The first-order chi connectivity index (χ1) is 8.40. The average molecular weight is 291 g/mol. The summed E-state index contributed by atoms with van der Waals surface area (Å²) >= 11 is 5.83. The van der Waals surface area contributed by atoms with Crippen molar-refractivity contribution in [1.29, 1.82) is 0 Å². The first-order valence-electron chi connectivity index (χ1n) is 5.98. The summed E-state index contributed by atoms with van der Waals surface area (Å²) in [7, 11) is -3.52. The number of hydrogen-bond donors (Lipinski definition) is 2. The van der Waals surface area contributed by atoms with E-state index in [1.165, 1.54) is 18.2 Å². The fourth-order valence-electron chi connectivity index (χ4n) is 1.66. The Hall–Kier alpha value is -0.780. The van der Waals surface area contributed by atoms with Gasteiger partial charge in [-0.1, -0.05) is 31.9 Å². The summed E-state index contributed by atoms with van der Waals surface area (Å²) in [5.41, 5.74) is 5.93. The van der Waals surface area contributed by atoms with Crippen LogP contribution in [0, 0.1) is 0 Å². The van der Waals surface area contributed by atoms with Crippen molar-refractivity contribution in [3.63, 3.8) is 0 Å². The van der Waals surface area contributed by atoms with Crippen molar-refractivity contribution in [2.45, 2.75) is 44.0 Å². The monoisotopic (exact) mass is 290 g/mol. The van der Waals surface area contributed by atoms with Crippen LogP contribution in [0.4, 0.5) is 5.69 Å². The van der Waals surface area contributed by atoms with Crippen molar-refractivity contribution in [3.8, 4) is 0 Å². The molecule has 0 radical (unpaired) electrons. The van der Waals surface area contributed by atoms with Crippen molar-refractivity contribution in [3.05, 3.63) is 23.2 Å². The normalized spacial score (nSPS) is 13.5. The summed E-state index contributed by atoms with van der Waals surface area (Å²) in [6.45, 7) is 3.98. The molecule has 1 rings (SSSR count). The number of sulfonamides is 1. The van der Waals surface area contributed by atoms with E-state index in [9.17, 15) is 8.42 Å². The summed E-state index contributed by atoms with van der Waals surface area (Å²) in [5, 5.41) is 0.251. The molecule has 102 valence electrons. The Balaban J connectivity index is 2.95. The first-order valence-corrected chi connectivity index (χ1v) is 7.84. The predicted octanol–water partition coefficient (Wildman–Crippen LogP) is 2.78. The van der Waals surface area contributed by atoms with Crippen molar-refractivity contribution >= 4 is 27.3 Å². The highest BCUT2D eigenvalue weighted by Crippen LogP contribution is 2.22. The van der Waals surface area contributed by atoms with Gasteiger partial charge in [0.25, 0.3) is 0 Å². The molecule has 0 bridgehead atoms. The lowest BCUT2D eigenvalue weighted by molar-refractivity contribution is 0.512. The summed E-state index contributed by atoms with van der Waals surface area (Å²) in [6, 6.07) is 4.29. The van der Waals surface area contributed by atoms with Gasteiger partial charge in [-0.05, 0) is 31.0 Å². The van der Waals surface area contributed by atoms with E-state index < -0.39 is 10.0 Å².